The zero-order valence-electron chi connectivity index (χ0n) is 19.2. The molecule has 0 spiro atoms. The maximum atomic E-state index is 13.1. The van der Waals surface area contributed by atoms with E-state index in [4.69, 9.17) is 17.3 Å². The summed E-state index contributed by atoms with van der Waals surface area (Å²) in [7, 11) is -3.67. The van der Waals surface area contributed by atoms with Crippen LogP contribution in [0.2, 0.25) is 5.02 Å². The van der Waals surface area contributed by atoms with Crippen LogP contribution in [0.25, 0.3) is 10.2 Å². The second kappa shape index (κ2) is 9.48. The smallest absolute Gasteiger partial charge is 0.253 e. The van der Waals surface area contributed by atoms with Gasteiger partial charge in [-0.15, -0.1) is 0 Å². The van der Waals surface area contributed by atoms with Crippen LogP contribution in [0.4, 0.5) is 5.13 Å². The molecule has 1 aliphatic rings. The Morgan fingerprint density at radius 3 is 2.44 bits per heavy atom. The van der Waals surface area contributed by atoms with Crippen molar-refractivity contribution in [1.82, 2.24) is 9.88 Å². The van der Waals surface area contributed by atoms with Crippen LogP contribution in [-0.2, 0) is 21.2 Å². The Morgan fingerprint density at radius 2 is 1.75 bits per heavy atom. The van der Waals surface area contributed by atoms with Gasteiger partial charge in [-0.3, -0.25) is 4.79 Å². The number of halogens is 1. The van der Waals surface area contributed by atoms with Crippen LogP contribution in [0.3, 0.4) is 0 Å². The van der Waals surface area contributed by atoms with Crippen LogP contribution < -0.4 is 5.73 Å². The van der Waals surface area contributed by atoms with E-state index in [2.05, 4.69) is 4.98 Å². The molecule has 2 heterocycles. The van der Waals surface area contributed by atoms with Crippen LogP contribution in [0.5, 0.6) is 0 Å². The lowest BCUT2D eigenvalue weighted by Crippen LogP contribution is -2.45. The number of amides is 1. The van der Waals surface area contributed by atoms with Gasteiger partial charge in [-0.2, -0.15) is 0 Å². The van der Waals surface area contributed by atoms with Gasteiger partial charge >= 0.3 is 0 Å². The number of nitrogens with two attached hydrogens (primary N) is 1. The number of hydrogen-bond acceptors (Lipinski definition) is 7. The summed E-state index contributed by atoms with van der Waals surface area (Å²) in [5.41, 5.74) is 6.80. The Morgan fingerprint density at radius 1 is 1.06 bits per heavy atom. The molecule has 1 aliphatic heterocycles. The highest BCUT2D eigenvalue weighted by atomic mass is 35.5. The molecule has 0 unspecified atom stereocenters. The summed E-state index contributed by atoms with van der Waals surface area (Å²) in [6.07, 6.45) is 0.761. The highest BCUT2D eigenvalue weighted by Crippen LogP contribution is 2.37. The van der Waals surface area contributed by atoms with Gasteiger partial charge in [-0.1, -0.05) is 59.3 Å². The van der Waals surface area contributed by atoms with Crippen molar-refractivity contribution in [3.8, 4) is 0 Å². The highest BCUT2D eigenvalue weighted by molar-refractivity contribution is 7.90. The molecule has 0 saturated carbocycles. The number of anilines is 1. The molecule has 0 radical (unpaired) electrons. The number of aromatic nitrogens is 1. The van der Waals surface area contributed by atoms with E-state index in [9.17, 15) is 18.3 Å². The number of carbonyl (C=O) groups excluding carboxylic acids is 1. The quantitative estimate of drug-likeness (QED) is 0.381. The van der Waals surface area contributed by atoms with Crippen molar-refractivity contribution in [3.05, 3.63) is 88.4 Å². The largest absolute Gasteiger partial charge is 0.385 e. The Kier molecular flexibility index (Phi) is 6.50. The van der Waals surface area contributed by atoms with Crippen molar-refractivity contribution in [2.75, 3.05) is 18.8 Å². The average Bonchev–Trinajstić information content (AvgIpc) is 3.24. The number of nitrogen functional groups attached to an aromatic ring is 1. The van der Waals surface area contributed by atoms with Gasteiger partial charge in [0.15, 0.2) is 15.0 Å². The molecule has 36 heavy (non-hydrogen) atoms. The molecule has 10 heteroatoms. The van der Waals surface area contributed by atoms with Crippen molar-refractivity contribution < 1.29 is 18.3 Å². The number of fused-ring (bicyclic) bond motifs is 1. The van der Waals surface area contributed by atoms with Crippen LogP contribution >= 0.6 is 22.9 Å². The van der Waals surface area contributed by atoms with Gasteiger partial charge < -0.3 is 15.7 Å². The van der Waals surface area contributed by atoms with Crippen LogP contribution in [-0.4, -0.2) is 42.4 Å². The first kappa shape index (κ1) is 24.7. The van der Waals surface area contributed by atoms with Gasteiger partial charge in [0.2, 0.25) is 0 Å². The zero-order valence-corrected chi connectivity index (χ0v) is 21.6. The van der Waals surface area contributed by atoms with Crippen molar-refractivity contribution in [3.63, 3.8) is 0 Å². The third-order valence-corrected chi connectivity index (χ3v) is 9.44. The molecule has 1 saturated heterocycles. The van der Waals surface area contributed by atoms with Crippen molar-refractivity contribution in [2.24, 2.45) is 0 Å². The fourth-order valence-corrected chi connectivity index (χ4v) is 7.26. The number of para-hydroxylation sites is 1. The number of piperidine rings is 1. The summed E-state index contributed by atoms with van der Waals surface area (Å²) < 4.78 is 26.9. The number of benzene rings is 3. The topological polar surface area (TPSA) is 114 Å². The number of hydrogen-bond donors (Lipinski definition) is 2. The molecule has 186 valence electrons. The SMILES string of the molecule is Nc1nc2c(S(=O)(=O)Cc3ccc(C(=O)N4CCC(O)(c5ccccc5Cl)CC4)cc3)cccc2s1. The third kappa shape index (κ3) is 4.71. The van der Waals surface area contributed by atoms with E-state index < -0.39 is 15.4 Å². The fraction of sp³-hybridized carbons (Fsp3) is 0.231. The van der Waals surface area contributed by atoms with Gasteiger partial charge in [0.05, 0.1) is 20.9 Å². The first-order valence-electron chi connectivity index (χ1n) is 11.4. The summed E-state index contributed by atoms with van der Waals surface area (Å²) in [5, 5.41) is 11.9. The Labute approximate surface area is 218 Å². The normalized spacial score (nSPS) is 15.8. The molecule has 0 aliphatic carbocycles. The third-order valence-electron chi connectivity index (χ3n) is 6.54. The minimum Gasteiger partial charge on any atom is -0.385 e. The second-order valence-electron chi connectivity index (χ2n) is 8.91. The number of aliphatic hydroxyl groups is 1. The van der Waals surface area contributed by atoms with E-state index >= 15 is 0 Å². The van der Waals surface area contributed by atoms with Crippen LogP contribution in [0.15, 0.2) is 71.6 Å². The number of likely N-dealkylation sites (tertiary alicyclic amines) is 1. The van der Waals surface area contributed by atoms with Crippen LogP contribution in [0, 0.1) is 0 Å². The average molecular weight is 542 g/mol. The number of nitrogens with zero attached hydrogens (tertiary/aromatic N) is 2. The number of sulfone groups is 1. The van der Waals surface area contributed by atoms with Gasteiger partial charge in [0, 0.05) is 29.2 Å². The molecule has 3 aromatic carbocycles. The number of carbonyl (C=O) groups is 1. The van der Waals surface area contributed by atoms with E-state index in [1.807, 2.05) is 18.2 Å². The summed E-state index contributed by atoms with van der Waals surface area (Å²) in [6.45, 7) is 0.773. The standard InChI is InChI=1S/C26H24ClN3O4S2/c27-20-5-2-1-4-19(20)26(32)12-14-30(15-13-26)24(31)18-10-8-17(9-11-18)16-36(33,34)22-7-3-6-21-23(22)29-25(28)35-21/h1-11,32H,12-16H2,(H2,28,29). The molecule has 1 aromatic heterocycles. The van der Waals surface area contributed by atoms with Gasteiger partial charge in [-0.05, 0) is 48.7 Å². The number of rotatable bonds is 5. The Balaban J connectivity index is 1.27. The molecule has 0 bridgehead atoms. The molecule has 1 fully saturated rings. The maximum absolute atomic E-state index is 13.1. The molecule has 4 aromatic rings. The van der Waals surface area contributed by atoms with E-state index in [0.29, 0.717) is 58.3 Å². The molecule has 3 N–H and O–H groups in total. The van der Waals surface area contributed by atoms with Crippen molar-refractivity contribution in [2.45, 2.75) is 29.1 Å². The van der Waals surface area contributed by atoms with E-state index in [1.165, 1.54) is 17.4 Å². The van der Waals surface area contributed by atoms with Crippen LogP contribution in [0.1, 0.15) is 34.3 Å². The van der Waals surface area contributed by atoms with Crippen molar-refractivity contribution in [1.29, 1.82) is 0 Å². The monoisotopic (exact) mass is 541 g/mol. The van der Waals surface area contributed by atoms with Gasteiger partial charge in [-0.25, -0.2) is 13.4 Å². The molecular weight excluding hydrogens is 518 g/mol. The fourth-order valence-electron chi connectivity index (χ4n) is 4.60. The van der Waals surface area contributed by atoms with E-state index in [0.717, 1.165) is 4.70 Å². The minimum absolute atomic E-state index is 0.146. The molecule has 5 rings (SSSR count). The van der Waals surface area contributed by atoms with Gasteiger partial charge in [0.1, 0.15) is 5.52 Å². The predicted molar refractivity (Wildman–Crippen MR) is 142 cm³/mol. The maximum Gasteiger partial charge on any atom is 0.253 e. The lowest BCUT2D eigenvalue weighted by atomic mass is 9.84. The predicted octanol–water partition coefficient (Wildman–Crippen LogP) is 4.63. The Bertz CT molecular complexity index is 1540. The highest BCUT2D eigenvalue weighted by Gasteiger charge is 2.37. The summed E-state index contributed by atoms with van der Waals surface area (Å²) in [4.78, 5) is 19.1. The first-order chi connectivity index (χ1) is 17.2. The zero-order chi connectivity index (χ0) is 25.5. The van der Waals surface area contributed by atoms with E-state index in [1.54, 1.807) is 47.4 Å². The first-order valence-corrected chi connectivity index (χ1v) is 14.2. The van der Waals surface area contributed by atoms with Crippen molar-refractivity contribution >= 4 is 54.0 Å². The second-order valence-corrected chi connectivity index (χ2v) is 12.3. The summed E-state index contributed by atoms with van der Waals surface area (Å²) >= 11 is 7.52. The Hall–Kier alpha value is -2.98. The van der Waals surface area contributed by atoms with Gasteiger partial charge in [0.25, 0.3) is 5.91 Å². The molecule has 7 nitrogen and oxygen atoms in total. The summed E-state index contributed by atoms with van der Waals surface area (Å²) in [5.74, 6) is -0.375. The molecule has 1 amide bonds. The lowest BCUT2D eigenvalue weighted by molar-refractivity contribution is -0.0210. The number of thiazole rings is 1. The molecule has 0 atom stereocenters. The minimum atomic E-state index is -3.67. The van der Waals surface area contributed by atoms with E-state index in [-0.39, 0.29) is 16.6 Å². The summed E-state index contributed by atoms with van der Waals surface area (Å²) in [6, 6.07) is 18.8. The lowest BCUT2D eigenvalue weighted by Gasteiger charge is -2.39. The molecular formula is C26H24ClN3O4S2.